The lowest BCUT2D eigenvalue weighted by Crippen LogP contribution is -2.48. The predicted octanol–water partition coefficient (Wildman–Crippen LogP) is 0.733. The summed E-state index contributed by atoms with van der Waals surface area (Å²) in [5, 5.41) is 11.7. The van der Waals surface area contributed by atoms with Crippen LogP contribution >= 0.6 is 0 Å². The molecule has 0 radical (unpaired) electrons. The first-order valence-electron chi connectivity index (χ1n) is 6.01. The molecule has 1 rings (SSSR count). The highest BCUT2D eigenvalue weighted by Crippen LogP contribution is 2.43. The molecule has 4 N–H and O–H groups in total. The summed E-state index contributed by atoms with van der Waals surface area (Å²) < 4.78 is 0. The van der Waals surface area contributed by atoms with Gasteiger partial charge in [-0.3, -0.25) is 9.59 Å². The molecule has 0 bridgehead atoms. The van der Waals surface area contributed by atoms with Crippen LogP contribution in [-0.2, 0) is 9.59 Å². The van der Waals surface area contributed by atoms with Gasteiger partial charge >= 0.3 is 5.97 Å². The zero-order valence-electron chi connectivity index (χ0n) is 10.6. The van der Waals surface area contributed by atoms with Gasteiger partial charge in [0.2, 0.25) is 5.91 Å². The Morgan fingerprint density at radius 3 is 2.35 bits per heavy atom. The molecule has 0 aromatic heterocycles. The third-order valence-corrected chi connectivity index (χ3v) is 3.69. The minimum atomic E-state index is -0.794. The minimum absolute atomic E-state index is 0.100. The van der Waals surface area contributed by atoms with Gasteiger partial charge in [0.1, 0.15) is 0 Å². The molecule has 17 heavy (non-hydrogen) atoms. The van der Waals surface area contributed by atoms with Gasteiger partial charge in [-0.15, -0.1) is 0 Å². The van der Waals surface area contributed by atoms with E-state index < -0.39 is 11.4 Å². The quantitative estimate of drug-likeness (QED) is 0.640. The van der Waals surface area contributed by atoms with Crippen molar-refractivity contribution in [1.82, 2.24) is 5.32 Å². The van der Waals surface area contributed by atoms with Crippen LogP contribution in [0.2, 0.25) is 0 Å². The molecule has 1 saturated carbocycles. The Kier molecular flexibility index (Phi) is 4.14. The Labute approximate surface area is 102 Å². The average molecular weight is 242 g/mol. The van der Waals surface area contributed by atoms with Crippen LogP contribution in [0.4, 0.5) is 0 Å². The summed E-state index contributed by atoms with van der Waals surface area (Å²) in [5.74, 6) is -0.895. The van der Waals surface area contributed by atoms with Crippen molar-refractivity contribution in [3.05, 3.63) is 0 Å². The van der Waals surface area contributed by atoms with E-state index in [1.807, 2.05) is 0 Å². The molecule has 5 nitrogen and oxygen atoms in total. The van der Waals surface area contributed by atoms with Crippen LogP contribution in [0.15, 0.2) is 0 Å². The Hall–Kier alpha value is -1.10. The van der Waals surface area contributed by atoms with Gasteiger partial charge in [-0.05, 0) is 32.1 Å². The van der Waals surface area contributed by atoms with E-state index in [2.05, 4.69) is 5.32 Å². The lowest BCUT2D eigenvalue weighted by atomic mass is 9.66. The van der Waals surface area contributed by atoms with Crippen molar-refractivity contribution in [1.29, 1.82) is 0 Å². The second-order valence-electron chi connectivity index (χ2n) is 5.69. The van der Waals surface area contributed by atoms with Crippen molar-refractivity contribution in [2.45, 2.75) is 39.5 Å². The molecule has 0 saturated heterocycles. The largest absolute Gasteiger partial charge is 0.481 e. The van der Waals surface area contributed by atoms with Gasteiger partial charge in [0.15, 0.2) is 0 Å². The van der Waals surface area contributed by atoms with Crippen molar-refractivity contribution < 1.29 is 14.7 Å². The molecule has 1 aliphatic rings. The van der Waals surface area contributed by atoms with Gasteiger partial charge < -0.3 is 16.2 Å². The van der Waals surface area contributed by atoms with E-state index in [4.69, 9.17) is 10.8 Å². The lowest BCUT2D eigenvalue weighted by molar-refractivity contribution is -0.142. The smallest absolute Gasteiger partial charge is 0.303 e. The summed E-state index contributed by atoms with van der Waals surface area (Å²) in [4.78, 5) is 22.6. The summed E-state index contributed by atoms with van der Waals surface area (Å²) in [6.45, 7) is 4.30. The molecule has 0 spiro atoms. The zero-order valence-corrected chi connectivity index (χ0v) is 10.6. The van der Waals surface area contributed by atoms with Crippen LogP contribution in [0.5, 0.6) is 0 Å². The highest BCUT2D eigenvalue weighted by atomic mass is 16.4. The van der Waals surface area contributed by atoms with Crippen molar-refractivity contribution in [2.24, 2.45) is 16.6 Å². The van der Waals surface area contributed by atoms with E-state index in [9.17, 15) is 9.59 Å². The zero-order chi connectivity index (χ0) is 13.1. The maximum absolute atomic E-state index is 11.8. The maximum atomic E-state index is 11.8. The highest BCUT2D eigenvalue weighted by molar-refractivity contribution is 5.82. The highest BCUT2D eigenvalue weighted by Gasteiger charge is 2.40. The fraction of sp³-hybridized carbons (Fsp3) is 0.833. The van der Waals surface area contributed by atoms with Crippen LogP contribution in [0.1, 0.15) is 39.5 Å². The first-order valence-corrected chi connectivity index (χ1v) is 6.01. The Morgan fingerprint density at radius 1 is 1.41 bits per heavy atom. The van der Waals surface area contributed by atoms with Gasteiger partial charge in [-0.25, -0.2) is 0 Å². The van der Waals surface area contributed by atoms with E-state index in [0.717, 1.165) is 19.3 Å². The van der Waals surface area contributed by atoms with Crippen molar-refractivity contribution in [2.75, 3.05) is 13.1 Å². The van der Waals surface area contributed by atoms with Crippen LogP contribution in [0.25, 0.3) is 0 Å². The van der Waals surface area contributed by atoms with E-state index in [-0.39, 0.29) is 24.3 Å². The molecule has 5 heteroatoms. The van der Waals surface area contributed by atoms with Crippen LogP contribution in [0.3, 0.4) is 0 Å². The molecule has 0 atom stereocenters. The van der Waals surface area contributed by atoms with Gasteiger partial charge in [0, 0.05) is 13.1 Å². The topological polar surface area (TPSA) is 92.4 Å². The number of rotatable bonds is 6. The first-order chi connectivity index (χ1) is 7.81. The number of hydrogen-bond donors (Lipinski definition) is 3. The molecule has 0 aromatic carbocycles. The number of carboxylic acid groups (broad SMARTS) is 1. The Morgan fingerprint density at radius 2 is 2.00 bits per heavy atom. The summed E-state index contributed by atoms with van der Waals surface area (Å²) in [6, 6.07) is 0. The number of carbonyl (C=O) groups is 2. The van der Waals surface area contributed by atoms with Crippen molar-refractivity contribution in [3.8, 4) is 0 Å². The summed E-state index contributed by atoms with van der Waals surface area (Å²) in [6.07, 6.45) is 2.94. The van der Waals surface area contributed by atoms with E-state index in [1.165, 1.54) is 0 Å². The molecule has 1 fully saturated rings. The monoisotopic (exact) mass is 242 g/mol. The van der Waals surface area contributed by atoms with E-state index in [1.54, 1.807) is 13.8 Å². The Balaban J connectivity index is 2.49. The van der Waals surface area contributed by atoms with Gasteiger partial charge in [0.05, 0.1) is 11.8 Å². The third kappa shape index (κ3) is 3.43. The van der Waals surface area contributed by atoms with E-state index in [0.29, 0.717) is 6.54 Å². The number of aliphatic carboxylic acids is 1. The van der Waals surface area contributed by atoms with Crippen LogP contribution in [0, 0.1) is 10.8 Å². The molecule has 0 aliphatic heterocycles. The SMILES string of the molecule is CC(C)(CN)C(=O)NCC1(CC(=O)O)CCC1. The summed E-state index contributed by atoms with van der Waals surface area (Å²) >= 11 is 0. The number of amides is 1. The van der Waals surface area contributed by atoms with E-state index >= 15 is 0 Å². The molecule has 1 aliphatic carbocycles. The molecular weight excluding hydrogens is 220 g/mol. The molecule has 0 heterocycles. The summed E-state index contributed by atoms with van der Waals surface area (Å²) in [5.41, 5.74) is 4.70. The van der Waals surface area contributed by atoms with Crippen molar-refractivity contribution in [3.63, 3.8) is 0 Å². The molecule has 0 aromatic rings. The standard InChI is InChI=1S/C12H22N2O3/c1-11(2,7-13)10(17)14-8-12(4-3-5-12)6-9(15)16/h3-8,13H2,1-2H3,(H,14,17)(H,15,16). The lowest BCUT2D eigenvalue weighted by Gasteiger charge is -2.41. The summed E-state index contributed by atoms with van der Waals surface area (Å²) in [7, 11) is 0. The molecule has 0 unspecified atom stereocenters. The number of carboxylic acids is 1. The second-order valence-corrected chi connectivity index (χ2v) is 5.69. The molecule has 98 valence electrons. The predicted molar refractivity (Wildman–Crippen MR) is 64.4 cm³/mol. The fourth-order valence-corrected chi connectivity index (χ4v) is 2.01. The van der Waals surface area contributed by atoms with Crippen LogP contribution in [-0.4, -0.2) is 30.1 Å². The van der Waals surface area contributed by atoms with Gasteiger partial charge in [-0.1, -0.05) is 6.42 Å². The minimum Gasteiger partial charge on any atom is -0.481 e. The van der Waals surface area contributed by atoms with Crippen LogP contribution < -0.4 is 11.1 Å². The number of hydrogen-bond acceptors (Lipinski definition) is 3. The normalized spacial score (nSPS) is 18.3. The number of nitrogens with one attached hydrogen (secondary N) is 1. The van der Waals surface area contributed by atoms with Gasteiger partial charge in [0.25, 0.3) is 0 Å². The Bertz CT molecular complexity index is 309. The van der Waals surface area contributed by atoms with Crippen molar-refractivity contribution >= 4 is 11.9 Å². The fourth-order valence-electron chi connectivity index (χ4n) is 2.01. The molecule has 1 amide bonds. The second kappa shape index (κ2) is 5.04. The first kappa shape index (κ1) is 14.0. The molecular formula is C12H22N2O3. The average Bonchev–Trinajstić information content (AvgIpc) is 2.20. The number of carbonyl (C=O) groups excluding carboxylic acids is 1. The van der Waals surface area contributed by atoms with Gasteiger partial charge in [-0.2, -0.15) is 0 Å². The number of nitrogens with two attached hydrogens (primary N) is 1. The maximum Gasteiger partial charge on any atom is 0.303 e. The third-order valence-electron chi connectivity index (χ3n) is 3.69.